The molecule has 2 rings (SSSR count). The summed E-state index contributed by atoms with van der Waals surface area (Å²) in [7, 11) is 0.0139. The fourth-order valence-electron chi connectivity index (χ4n) is 1.74. The summed E-state index contributed by atoms with van der Waals surface area (Å²) >= 11 is 0. The van der Waals surface area contributed by atoms with Crippen LogP contribution in [0, 0.1) is 6.92 Å². The van der Waals surface area contributed by atoms with Gasteiger partial charge >= 0.3 is 0 Å². The van der Waals surface area contributed by atoms with E-state index in [4.69, 9.17) is 4.52 Å². The molecule has 2 aromatic rings. The first-order valence-electron chi connectivity index (χ1n) is 6.01. The minimum atomic E-state index is -3.59. The van der Waals surface area contributed by atoms with Gasteiger partial charge in [-0.05, 0) is 13.1 Å². The van der Waals surface area contributed by atoms with E-state index in [-0.39, 0.29) is 11.4 Å². The van der Waals surface area contributed by atoms with Crippen LogP contribution in [0.15, 0.2) is 21.7 Å². The Labute approximate surface area is 117 Å². The number of aryl methyl sites for hydroxylation is 2. The second-order valence-corrected chi connectivity index (χ2v) is 6.13. The van der Waals surface area contributed by atoms with Gasteiger partial charge in [-0.15, -0.1) is 0 Å². The zero-order valence-corrected chi connectivity index (χ0v) is 12.4. The summed E-state index contributed by atoms with van der Waals surface area (Å²) < 4.78 is 33.3. The van der Waals surface area contributed by atoms with Gasteiger partial charge in [-0.1, -0.05) is 5.16 Å². The molecule has 0 aromatic carbocycles. The average molecular weight is 299 g/mol. The van der Waals surface area contributed by atoms with Crippen LogP contribution in [0.25, 0.3) is 0 Å². The van der Waals surface area contributed by atoms with Crippen LogP contribution in [0.2, 0.25) is 0 Å². The Balaban J connectivity index is 2.11. The van der Waals surface area contributed by atoms with Crippen molar-refractivity contribution in [3.8, 4) is 0 Å². The van der Waals surface area contributed by atoms with Gasteiger partial charge in [0.1, 0.15) is 0 Å². The zero-order valence-electron chi connectivity index (χ0n) is 11.5. The molecule has 0 radical (unpaired) electrons. The predicted molar refractivity (Wildman–Crippen MR) is 71.2 cm³/mol. The van der Waals surface area contributed by atoms with Crippen LogP contribution in [-0.4, -0.2) is 30.2 Å². The number of hydrogen-bond donors (Lipinski definition) is 2. The summed E-state index contributed by atoms with van der Waals surface area (Å²) in [6, 6.07) is 1.63. The lowest BCUT2D eigenvalue weighted by molar-refractivity contribution is 0.387. The molecular formula is C11H17N5O3S. The maximum atomic E-state index is 12.2. The lowest BCUT2D eigenvalue weighted by Crippen LogP contribution is -2.23. The molecule has 0 saturated heterocycles. The van der Waals surface area contributed by atoms with Crippen LogP contribution in [0.3, 0.4) is 0 Å². The highest BCUT2D eigenvalue weighted by Gasteiger charge is 2.18. The van der Waals surface area contributed by atoms with Crippen molar-refractivity contribution in [3.63, 3.8) is 0 Å². The van der Waals surface area contributed by atoms with Gasteiger partial charge in [0, 0.05) is 32.4 Å². The Morgan fingerprint density at radius 2 is 2.15 bits per heavy atom. The molecule has 8 nitrogen and oxygen atoms in total. The number of nitrogens with one attached hydrogen (secondary N) is 2. The molecule has 9 heteroatoms. The maximum absolute atomic E-state index is 12.2. The molecule has 0 aliphatic rings. The van der Waals surface area contributed by atoms with E-state index in [0.29, 0.717) is 18.3 Å². The van der Waals surface area contributed by atoms with Gasteiger partial charge in [0.15, 0.2) is 5.82 Å². The van der Waals surface area contributed by atoms with E-state index in [0.717, 1.165) is 5.69 Å². The Morgan fingerprint density at radius 1 is 1.40 bits per heavy atom. The fraction of sp³-hybridized carbons (Fsp3) is 0.455. The van der Waals surface area contributed by atoms with E-state index >= 15 is 0 Å². The largest absolute Gasteiger partial charge is 0.352 e. The van der Waals surface area contributed by atoms with Crippen LogP contribution in [-0.2, 0) is 30.2 Å². The molecule has 0 atom stereocenters. The van der Waals surface area contributed by atoms with E-state index in [9.17, 15) is 8.42 Å². The molecule has 0 bridgehead atoms. The van der Waals surface area contributed by atoms with Crippen molar-refractivity contribution >= 4 is 10.0 Å². The van der Waals surface area contributed by atoms with Gasteiger partial charge < -0.3 is 14.4 Å². The van der Waals surface area contributed by atoms with Gasteiger partial charge in [0.05, 0.1) is 11.4 Å². The number of rotatable bonds is 6. The predicted octanol–water partition coefficient (Wildman–Crippen LogP) is -0.0856. The smallest absolute Gasteiger partial charge is 0.242 e. The molecule has 0 saturated carbocycles. The normalized spacial score (nSPS) is 11.9. The fourth-order valence-corrected chi connectivity index (χ4v) is 2.81. The molecule has 0 fully saturated rings. The Kier molecular flexibility index (Phi) is 4.21. The molecule has 0 amide bonds. The highest BCUT2D eigenvalue weighted by Crippen LogP contribution is 2.13. The molecular weight excluding hydrogens is 282 g/mol. The van der Waals surface area contributed by atoms with Crippen LogP contribution in [0.4, 0.5) is 0 Å². The van der Waals surface area contributed by atoms with Crippen LogP contribution in [0.5, 0.6) is 0 Å². The second kappa shape index (κ2) is 5.73. The minimum Gasteiger partial charge on any atom is -0.352 e. The summed E-state index contributed by atoms with van der Waals surface area (Å²) in [5.74, 6) is 0.702. The summed E-state index contributed by atoms with van der Waals surface area (Å²) in [5, 5.41) is 6.62. The molecule has 110 valence electrons. The zero-order chi connectivity index (χ0) is 14.8. The molecule has 0 unspecified atom stereocenters. The van der Waals surface area contributed by atoms with Crippen molar-refractivity contribution < 1.29 is 12.9 Å². The van der Waals surface area contributed by atoms with Crippen molar-refractivity contribution in [2.45, 2.75) is 24.9 Å². The summed E-state index contributed by atoms with van der Waals surface area (Å²) in [4.78, 5) is 4.15. The topological polar surface area (TPSA) is 102 Å². The minimum absolute atomic E-state index is 0.00404. The highest BCUT2D eigenvalue weighted by atomic mass is 32.2. The maximum Gasteiger partial charge on any atom is 0.242 e. The number of sulfonamides is 1. The van der Waals surface area contributed by atoms with Gasteiger partial charge in [-0.2, -0.15) is 4.98 Å². The standard InChI is InChI=1S/C11H17N5O3S/c1-8-14-11(15-19-8)6-13-20(17,18)10-4-9(5-12-2)16(3)7-10/h4,7,12-13H,5-6H2,1-3H3. The molecule has 0 aliphatic carbocycles. The third-order valence-corrected chi connectivity index (χ3v) is 4.11. The first kappa shape index (κ1) is 14.7. The Hall–Kier alpha value is -1.71. The van der Waals surface area contributed by atoms with E-state index in [1.807, 2.05) is 0 Å². The summed E-state index contributed by atoms with van der Waals surface area (Å²) in [6.07, 6.45) is 1.57. The monoisotopic (exact) mass is 299 g/mol. The van der Waals surface area contributed by atoms with Crippen LogP contribution >= 0.6 is 0 Å². The SMILES string of the molecule is CNCc1cc(S(=O)(=O)NCc2noc(C)n2)cn1C. The van der Waals surface area contributed by atoms with Gasteiger partial charge in [-0.3, -0.25) is 0 Å². The van der Waals surface area contributed by atoms with Gasteiger partial charge in [0.2, 0.25) is 15.9 Å². The molecule has 2 N–H and O–H groups in total. The Bertz CT molecular complexity index is 689. The van der Waals surface area contributed by atoms with Gasteiger partial charge in [0.25, 0.3) is 0 Å². The first-order valence-corrected chi connectivity index (χ1v) is 7.49. The van der Waals surface area contributed by atoms with Crippen molar-refractivity contribution in [2.75, 3.05) is 7.05 Å². The highest BCUT2D eigenvalue weighted by molar-refractivity contribution is 7.89. The molecule has 0 spiro atoms. The van der Waals surface area contributed by atoms with E-state index in [1.54, 1.807) is 37.8 Å². The Morgan fingerprint density at radius 3 is 2.75 bits per heavy atom. The van der Waals surface area contributed by atoms with E-state index in [2.05, 4.69) is 20.2 Å². The van der Waals surface area contributed by atoms with Crippen molar-refractivity contribution in [2.24, 2.45) is 7.05 Å². The second-order valence-electron chi connectivity index (χ2n) is 4.36. The molecule has 2 aromatic heterocycles. The van der Waals surface area contributed by atoms with Crippen LogP contribution < -0.4 is 10.0 Å². The van der Waals surface area contributed by atoms with Crippen molar-refractivity contribution in [1.29, 1.82) is 0 Å². The summed E-state index contributed by atoms with van der Waals surface area (Å²) in [5.41, 5.74) is 0.878. The first-order chi connectivity index (χ1) is 9.42. The van der Waals surface area contributed by atoms with Gasteiger partial charge in [-0.25, -0.2) is 13.1 Å². The lowest BCUT2D eigenvalue weighted by atomic mass is 10.4. The van der Waals surface area contributed by atoms with E-state index < -0.39 is 10.0 Å². The average Bonchev–Trinajstić information content (AvgIpc) is 2.95. The summed E-state index contributed by atoms with van der Waals surface area (Å²) in [6.45, 7) is 2.23. The van der Waals surface area contributed by atoms with Crippen molar-refractivity contribution in [1.82, 2.24) is 24.7 Å². The molecule has 20 heavy (non-hydrogen) atoms. The number of aromatic nitrogens is 3. The third kappa shape index (κ3) is 3.24. The van der Waals surface area contributed by atoms with Crippen molar-refractivity contribution in [3.05, 3.63) is 29.7 Å². The third-order valence-electron chi connectivity index (χ3n) is 2.74. The lowest BCUT2D eigenvalue weighted by Gasteiger charge is -2.01. The number of hydrogen-bond acceptors (Lipinski definition) is 6. The molecule has 0 aliphatic heterocycles. The molecule has 2 heterocycles. The number of nitrogens with zero attached hydrogens (tertiary/aromatic N) is 3. The van der Waals surface area contributed by atoms with E-state index in [1.165, 1.54) is 0 Å². The van der Waals surface area contributed by atoms with Crippen LogP contribution in [0.1, 0.15) is 17.4 Å². The quantitative estimate of drug-likeness (QED) is 0.773.